The van der Waals surface area contributed by atoms with Crippen LogP contribution in [0.4, 0.5) is 0 Å². The first-order valence-corrected chi connectivity index (χ1v) is 12.7. The van der Waals surface area contributed by atoms with Gasteiger partial charge in [0.1, 0.15) is 5.56 Å². The normalized spacial score (nSPS) is 29.6. The minimum Gasteiger partial charge on any atom is -0.396 e. The molecule has 4 bridgehead atoms. The zero-order valence-corrected chi connectivity index (χ0v) is 20.8. The molecule has 4 aliphatic rings. The fraction of sp³-hybridized carbons (Fsp3) is 0.615. The number of nitrogens with one attached hydrogen (secondary N) is 2. The molecule has 35 heavy (non-hydrogen) atoms. The fourth-order valence-corrected chi connectivity index (χ4v) is 6.84. The summed E-state index contributed by atoms with van der Waals surface area (Å²) in [6.07, 6.45) is 14.5. The molecule has 2 heterocycles. The van der Waals surface area contributed by atoms with Gasteiger partial charge in [0, 0.05) is 37.7 Å². The van der Waals surface area contributed by atoms with E-state index < -0.39 is 5.54 Å². The zero-order chi connectivity index (χ0) is 24.8. The van der Waals surface area contributed by atoms with Crippen LogP contribution in [0.25, 0.3) is 12.0 Å². The van der Waals surface area contributed by atoms with Gasteiger partial charge >= 0.3 is 0 Å². The lowest BCUT2D eigenvalue weighted by Gasteiger charge is -2.59. The van der Waals surface area contributed by atoms with Gasteiger partial charge in [-0.25, -0.2) is 9.36 Å². The average Bonchev–Trinajstić information content (AvgIpc) is 3.49. The molecule has 2 amide bonds. The van der Waals surface area contributed by atoms with E-state index in [1.165, 1.54) is 0 Å². The van der Waals surface area contributed by atoms with Crippen molar-refractivity contribution >= 4 is 18.0 Å². The smallest absolute Gasteiger partial charge is 0.257 e. The number of nitrogens with zero attached hydrogens (tertiary/aromatic N) is 4. The van der Waals surface area contributed by atoms with Gasteiger partial charge in [-0.2, -0.15) is 10.2 Å². The van der Waals surface area contributed by atoms with Gasteiger partial charge in [-0.3, -0.25) is 9.59 Å². The first kappa shape index (κ1) is 23.8. The van der Waals surface area contributed by atoms with Crippen LogP contribution in [0.1, 0.15) is 69.7 Å². The molecule has 0 spiro atoms. The number of rotatable bonds is 8. The van der Waals surface area contributed by atoms with Gasteiger partial charge in [0.25, 0.3) is 5.91 Å². The monoisotopic (exact) mass is 480 g/mol. The Hall–Kier alpha value is -2.94. The molecule has 4 aliphatic carbocycles. The van der Waals surface area contributed by atoms with E-state index in [4.69, 9.17) is 0 Å². The van der Waals surface area contributed by atoms with Gasteiger partial charge in [-0.1, -0.05) is 6.92 Å². The largest absolute Gasteiger partial charge is 0.396 e. The number of amides is 2. The van der Waals surface area contributed by atoms with Crippen molar-refractivity contribution in [3.05, 3.63) is 36.3 Å². The minimum atomic E-state index is -0.577. The highest BCUT2D eigenvalue weighted by Gasteiger charge is 2.55. The third-order valence-corrected chi connectivity index (χ3v) is 8.18. The van der Waals surface area contributed by atoms with Crippen LogP contribution in [0.3, 0.4) is 0 Å². The SMILES string of the molecule is CCC(=O)NC(C)(C)/C=C/n1ncc(C(=O)N[C@H]2C3CC4CC2C[C@](CO)(C4)C3)c1-n1cccn1. The van der Waals surface area contributed by atoms with Crippen LogP contribution in [0.5, 0.6) is 0 Å². The third-order valence-electron chi connectivity index (χ3n) is 8.18. The first-order valence-electron chi connectivity index (χ1n) is 12.7. The van der Waals surface area contributed by atoms with Gasteiger partial charge in [-0.05, 0) is 81.3 Å². The number of aliphatic hydroxyl groups is 1. The first-order chi connectivity index (χ1) is 16.7. The van der Waals surface area contributed by atoms with Gasteiger partial charge in [0.15, 0.2) is 5.82 Å². The molecule has 4 saturated carbocycles. The Kier molecular flexibility index (Phi) is 6.07. The van der Waals surface area contributed by atoms with E-state index >= 15 is 0 Å². The Bertz CT molecular complexity index is 1100. The summed E-state index contributed by atoms with van der Waals surface area (Å²) in [7, 11) is 0. The number of carbonyl (C=O) groups excluding carboxylic acids is 2. The number of aromatic nitrogens is 4. The lowest BCUT2D eigenvalue weighted by Crippen LogP contribution is -2.60. The molecule has 0 radical (unpaired) electrons. The molecular formula is C26H36N6O3. The summed E-state index contributed by atoms with van der Waals surface area (Å²) in [5.41, 5.74) is -0.0566. The molecule has 9 heteroatoms. The molecule has 2 aromatic heterocycles. The van der Waals surface area contributed by atoms with Crippen LogP contribution in [0, 0.1) is 23.2 Å². The molecule has 3 N–H and O–H groups in total. The summed E-state index contributed by atoms with van der Waals surface area (Å²) in [5, 5.41) is 25.2. The maximum absolute atomic E-state index is 13.6. The zero-order valence-electron chi connectivity index (χ0n) is 20.8. The van der Waals surface area contributed by atoms with Crippen LogP contribution in [0.2, 0.25) is 0 Å². The molecule has 2 unspecified atom stereocenters. The predicted molar refractivity (Wildman–Crippen MR) is 132 cm³/mol. The lowest BCUT2D eigenvalue weighted by molar-refractivity contribution is -0.121. The number of hydrogen-bond acceptors (Lipinski definition) is 5. The van der Waals surface area contributed by atoms with E-state index in [0.717, 1.165) is 32.1 Å². The topological polar surface area (TPSA) is 114 Å². The van der Waals surface area contributed by atoms with E-state index in [-0.39, 0.29) is 29.9 Å². The van der Waals surface area contributed by atoms with Crippen molar-refractivity contribution in [1.29, 1.82) is 0 Å². The van der Waals surface area contributed by atoms with Crippen LogP contribution in [-0.4, -0.2) is 54.7 Å². The van der Waals surface area contributed by atoms with Crippen LogP contribution in [-0.2, 0) is 4.79 Å². The van der Waals surface area contributed by atoms with Gasteiger partial charge in [0.05, 0.1) is 11.7 Å². The van der Waals surface area contributed by atoms with E-state index in [0.29, 0.717) is 35.6 Å². The highest BCUT2D eigenvalue weighted by atomic mass is 16.3. The summed E-state index contributed by atoms with van der Waals surface area (Å²) in [4.78, 5) is 25.4. The lowest BCUT2D eigenvalue weighted by atomic mass is 9.48. The second kappa shape index (κ2) is 8.93. The van der Waals surface area contributed by atoms with Crippen molar-refractivity contribution in [3.8, 4) is 5.82 Å². The summed E-state index contributed by atoms with van der Waals surface area (Å²) >= 11 is 0. The van der Waals surface area contributed by atoms with Crippen molar-refractivity contribution < 1.29 is 14.7 Å². The van der Waals surface area contributed by atoms with Crippen molar-refractivity contribution in [2.24, 2.45) is 23.2 Å². The van der Waals surface area contributed by atoms with Crippen LogP contribution >= 0.6 is 0 Å². The molecule has 9 nitrogen and oxygen atoms in total. The molecule has 6 rings (SSSR count). The number of aliphatic hydroxyl groups excluding tert-OH is 1. The average molecular weight is 481 g/mol. The maximum Gasteiger partial charge on any atom is 0.257 e. The summed E-state index contributed by atoms with van der Waals surface area (Å²) in [6.45, 7) is 5.89. The van der Waals surface area contributed by atoms with Gasteiger partial charge in [0.2, 0.25) is 5.91 Å². The molecule has 2 aromatic rings. The molecule has 0 saturated heterocycles. The Morgan fingerprint density at radius 3 is 2.60 bits per heavy atom. The highest BCUT2D eigenvalue weighted by Crippen LogP contribution is 2.59. The molecule has 4 fully saturated rings. The van der Waals surface area contributed by atoms with Crippen molar-refractivity contribution in [2.45, 2.75) is 70.9 Å². The van der Waals surface area contributed by atoms with Crippen LogP contribution in [0.15, 0.2) is 30.7 Å². The van der Waals surface area contributed by atoms with Gasteiger partial charge in [-0.15, -0.1) is 0 Å². The van der Waals surface area contributed by atoms with Crippen molar-refractivity contribution in [2.75, 3.05) is 6.61 Å². The fourth-order valence-electron chi connectivity index (χ4n) is 6.84. The maximum atomic E-state index is 13.6. The molecule has 2 atom stereocenters. The Morgan fingerprint density at radius 1 is 1.23 bits per heavy atom. The van der Waals surface area contributed by atoms with E-state index in [1.807, 2.05) is 26.8 Å². The standard InChI is InChI=1S/C26H36N6O3/c1-4-21(34)30-25(2,3)6-9-32-24(31-8-5-7-27-31)20(15-28-32)23(35)29-22-18-10-17-11-19(22)14-26(12-17,13-18)16-33/h5-9,15,17-19,22,33H,4,10-14,16H2,1-3H3,(H,29,35)(H,30,34)/b9-6+/t17?,18?,19?,22-,26-. The number of hydrogen-bond donors (Lipinski definition) is 3. The second-order valence-corrected chi connectivity index (χ2v) is 11.3. The third kappa shape index (κ3) is 4.53. The molecule has 188 valence electrons. The van der Waals surface area contributed by atoms with Crippen molar-refractivity contribution in [3.63, 3.8) is 0 Å². The summed E-state index contributed by atoms with van der Waals surface area (Å²) in [5.74, 6) is 1.89. The predicted octanol–water partition coefficient (Wildman–Crippen LogP) is 2.76. The molecular weight excluding hydrogens is 444 g/mol. The van der Waals surface area contributed by atoms with Crippen molar-refractivity contribution in [1.82, 2.24) is 30.2 Å². The molecule has 0 aromatic carbocycles. The number of carbonyl (C=O) groups is 2. The summed E-state index contributed by atoms with van der Waals surface area (Å²) in [6, 6.07) is 1.94. The van der Waals surface area contributed by atoms with E-state index in [2.05, 4.69) is 20.8 Å². The second-order valence-electron chi connectivity index (χ2n) is 11.3. The Balaban J connectivity index is 1.39. The van der Waals surface area contributed by atoms with Crippen LogP contribution < -0.4 is 10.6 Å². The summed E-state index contributed by atoms with van der Waals surface area (Å²) < 4.78 is 3.26. The highest BCUT2D eigenvalue weighted by molar-refractivity contribution is 5.97. The Morgan fingerprint density at radius 2 is 1.97 bits per heavy atom. The van der Waals surface area contributed by atoms with E-state index in [1.54, 1.807) is 40.2 Å². The molecule has 0 aliphatic heterocycles. The van der Waals surface area contributed by atoms with Gasteiger partial charge < -0.3 is 15.7 Å². The Labute approximate surface area is 206 Å². The minimum absolute atomic E-state index is 0.0360. The van der Waals surface area contributed by atoms with E-state index in [9.17, 15) is 14.7 Å². The quantitative estimate of drug-likeness (QED) is 0.538.